The van der Waals surface area contributed by atoms with E-state index in [2.05, 4.69) is 20.7 Å². The van der Waals surface area contributed by atoms with E-state index in [1.807, 2.05) is 0 Å². The molecule has 6 nitrogen and oxygen atoms in total. The number of carbonyl (C=O) groups excluding carboxylic acids is 1. The third kappa shape index (κ3) is 1.40. The molecule has 1 aromatic heterocycles. The SMILES string of the molecule is CNC(=O)c1nc2n(n1)CCNC2. The molecule has 0 saturated carbocycles. The number of carbonyl (C=O) groups is 1. The van der Waals surface area contributed by atoms with Crippen molar-refractivity contribution >= 4 is 5.91 Å². The Morgan fingerprint density at radius 1 is 1.69 bits per heavy atom. The first kappa shape index (κ1) is 8.18. The van der Waals surface area contributed by atoms with Gasteiger partial charge in [-0.15, -0.1) is 5.10 Å². The van der Waals surface area contributed by atoms with Gasteiger partial charge in [-0.25, -0.2) is 9.67 Å². The molecule has 0 unspecified atom stereocenters. The third-order valence-electron chi connectivity index (χ3n) is 1.96. The van der Waals surface area contributed by atoms with Crippen LogP contribution in [0.15, 0.2) is 0 Å². The van der Waals surface area contributed by atoms with Gasteiger partial charge in [-0.1, -0.05) is 0 Å². The van der Waals surface area contributed by atoms with Crippen molar-refractivity contribution in [2.75, 3.05) is 13.6 Å². The number of rotatable bonds is 1. The maximum absolute atomic E-state index is 11.2. The monoisotopic (exact) mass is 181 g/mol. The largest absolute Gasteiger partial charge is 0.352 e. The molecule has 1 aliphatic rings. The molecule has 1 aromatic rings. The van der Waals surface area contributed by atoms with Crippen LogP contribution >= 0.6 is 0 Å². The molecule has 0 aliphatic carbocycles. The maximum atomic E-state index is 11.2. The molecule has 2 N–H and O–H groups in total. The minimum atomic E-state index is -0.234. The first-order valence-corrected chi connectivity index (χ1v) is 4.18. The van der Waals surface area contributed by atoms with E-state index in [1.54, 1.807) is 11.7 Å². The smallest absolute Gasteiger partial charge is 0.290 e. The number of nitrogens with one attached hydrogen (secondary N) is 2. The summed E-state index contributed by atoms with van der Waals surface area (Å²) in [5, 5.41) is 9.72. The molecule has 70 valence electrons. The quantitative estimate of drug-likeness (QED) is 0.567. The van der Waals surface area contributed by atoms with Gasteiger partial charge in [-0.3, -0.25) is 4.79 Å². The summed E-state index contributed by atoms with van der Waals surface area (Å²) in [5.41, 5.74) is 0. The average molecular weight is 181 g/mol. The lowest BCUT2D eigenvalue weighted by molar-refractivity contribution is 0.0952. The molecule has 0 spiro atoms. The predicted octanol–water partition coefficient (Wildman–Crippen LogP) is -1.26. The van der Waals surface area contributed by atoms with E-state index in [-0.39, 0.29) is 11.7 Å². The molecule has 0 fully saturated rings. The van der Waals surface area contributed by atoms with Gasteiger partial charge in [-0.2, -0.15) is 0 Å². The average Bonchev–Trinajstić information content (AvgIpc) is 2.59. The second kappa shape index (κ2) is 3.14. The zero-order valence-corrected chi connectivity index (χ0v) is 7.37. The van der Waals surface area contributed by atoms with Gasteiger partial charge in [0.2, 0.25) is 5.82 Å². The first-order chi connectivity index (χ1) is 6.31. The molecule has 2 rings (SSSR count). The Morgan fingerprint density at radius 2 is 2.54 bits per heavy atom. The van der Waals surface area contributed by atoms with Crippen molar-refractivity contribution in [1.29, 1.82) is 0 Å². The number of hydrogen-bond acceptors (Lipinski definition) is 4. The van der Waals surface area contributed by atoms with E-state index in [0.717, 1.165) is 18.9 Å². The van der Waals surface area contributed by atoms with E-state index < -0.39 is 0 Å². The van der Waals surface area contributed by atoms with E-state index in [9.17, 15) is 4.79 Å². The van der Waals surface area contributed by atoms with Gasteiger partial charge in [0.25, 0.3) is 5.91 Å². The van der Waals surface area contributed by atoms with E-state index >= 15 is 0 Å². The summed E-state index contributed by atoms with van der Waals surface area (Å²) in [4.78, 5) is 15.3. The lowest BCUT2D eigenvalue weighted by Gasteiger charge is -2.11. The fourth-order valence-electron chi connectivity index (χ4n) is 1.28. The van der Waals surface area contributed by atoms with Gasteiger partial charge >= 0.3 is 0 Å². The standard InChI is InChI=1S/C7H11N5O/c1-8-7(13)6-10-5-4-9-2-3-12(5)11-6/h9H,2-4H2,1H3,(H,8,13). The van der Waals surface area contributed by atoms with Crippen LogP contribution in [0.25, 0.3) is 0 Å². The number of fused-ring (bicyclic) bond motifs is 1. The van der Waals surface area contributed by atoms with Gasteiger partial charge in [0.1, 0.15) is 5.82 Å². The Bertz CT molecular complexity index is 308. The molecule has 6 heteroatoms. The normalized spacial score (nSPS) is 15.2. The lowest BCUT2D eigenvalue weighted by Crippen LogP contribution is -2.28. The predicted molar refractivity (Wildman–Crippen MR) is 45.1 cm³/mol. The molecule has 2 heterocycles. The molecule has 0 aromatic carbocycles. The summed E-state index contributed by atoms with van der Waals surface area (Å²) in [5.74, 6) is 0.841. The van der Waals surface area contributed by atoms with Crippen LogP contribution in [0.5, 0.6) is 0 Å². The van der Waals surface area contributed by atoms with Crippen molar-refractivity contribution in [2.24, 2.45) is 0 Å². The maximum Gasteiger partial charge on any atom is 0.290 e. The first-order valence-electron chi connectivity index (χ1n) is 4.18. The van der Waals surface area contributed by atoms with E-state index in [4.69, 9.17) is 0 Å². The second-order valence-electron chi connectivity index (χ2n) is 2.83. The van der Waals surface area contributed by atoms with Gasteiger partial charge in [0.15, 0.2) is 0 Å². The molecular formula is C7H11N5O. The van der Waals surface area contributed by atoms with E-state index in [0.29, 0.717) is 6.54 Å². The van der Waals surface area contributed by atoms with Crippen molar-refractivity contribution in [1.82, 2.24) is 25.4 Å². The summed E-state index contributed by atoms with van der Waals surface area (Å²) in [6.07, 6.45) is 0. The molecule has 13 heavy (non-hydrogen) atoms. The third-order valence-corrected chi connectivity index (χ3v) is 1.96. The Morgan fingerprint density at radius 3 is 3.23 bits per heavy atom. The highest BCUT2D eigenvalue weighted by Crippen LogP contribution is 2.01. The minimum Gasteiger partial charge on any atom is -0.352 e. The van der Waals surface area contributed by atoms with Crippen LogP contribution in [-0.4, -0.2) is 34.3 Å². The van der Waals surface area contributed by atoms with Crippen LogP contribution in [0.2, 0.25) is 0 Å². The lowest BCUT2D eigenvalue weighted by atomic mass is 10.4. The second-order valence-corrected chi connectivity index (χ2v) is 2.83. The number of aromatic nitrogens is 3. The van der Waals surface area contributed by atoms with Crippen LogP contribution < -0.4 is 10.6 Å². The number of nitrogens with zero attached hydrogens (tertiary/aromatic N) is 3. The topological polar surface area (TPSA) is 71.8 Å². The summed E-state index contributed by atoms with van der Waals surface area (Å²) >= 11 is 0. The van der Waals surface area contributed by atoms with Gasteiger partial charge in [-0.05, 0) is 0 Å². The van der Waals surface area contributed by atoms with Crippen molar-refractivity contribution in [2.45, 2.75) is 13.1 Å². The van der Waals surface area contributed by atoms with Crippen molar-refractivity contribution in [3.05, 3.63) is 11.6 Å². The Balaban J connectivity index is 2.30. The molecule has 0 atom stereocenters. The van der Waals surface area contributed by atoms with Crippen LogP contribution in [0, 0.1) is 0 Å². The van der Waals surface area contributed by atoms with Crippen LogP contribution in [0.3, 0.4) is 0 Å². The van der Waals surface area contributed by atoms with E-state index in [1.165, 1.54) is 0 Å². The Labute approximate surface area is 75.3 Å². The molecular weight excluding hydrogens is 170 g/mol. The zero-order valence-electron chi connectivity index (χ0n) is 7.37. The van der Waals surface area contributed by atoms with Crippen molar-refractivity contribution < 1.29 is 4.79 Å². The molecule has 0 bridgehead atoms. The Kier molecular flexibility index (Phi) is 1.97. The summed E-state index contributed by atoms with van der Waals surface area (Å²) in [6.45, 7) is 2.34. The highest BCUT2D eigenvalue weighted by molar-refractivity contribution is 5.90. The highest BCUT2D eigenvalue weighted by atomic mass is 16.2. The Hall–Kier alpha value is -1.43. The summed E-state index contributed by atoms with van der Waals surface area (Å²) < 4.78 is 1.76. The fourth-order valence-corrected chi connectivity index (χ4v) is 1.28. The molecule has 0 saturated heterocycles. The van der Waals surface area contributed by atoms with Crippen LogP contribution in [0.1, 0.15) is 16.4 Å². The molecule has 1 aliphatic heterocycles. The van der Waals surface area contributed by atoms with Gasteiger partial charge < -0.3 is 10.6 Å². The molecule has 0 radical (unpaired) electrons. The minimum absolute atomic E-state index is 0.234. The van der Waals surface area contributed by atoms with Crippen LogP contribution in [0.4, 0.5) is 0 Å². The summed E-state index contributed by atoms with van der Waals surface area (Å²) in [6, 6.07) is 0. The number of amides is 1. The van der Waals surface area contributed by atoms with Crippen LogP contribution in [-0.2, 0) is 13.1 Å². The zero-order chi connectivity index (χ0) is 9.26. The van der Waals surface area contributed by atoms with Crippen molar-refractivity contribution in [3.63, 3.8) is 0 Å². The fraction of sp³-hybridized carbons (Fsp3) is 0.571. The summed E-state index contributed by atoms with van der Waals surface area (Å²) in [7, 11) is 1.57. The van der Waals surface area contributed by atoms with Gasteiger partial charge in [0.05, 0.1) is 13.1 Å². The number of hydrogen-bond donors (Lipinski definition) is 2. The van der Waals surface area contributed by atoms with Gasteiger partial charge in [0, 0.05) is 13.6 Å². The van der Waals surface area contributed by atoms with Crippen molar-refractivity contribution in [3.8, 4) is 0 Å². The molecule has 1 amide bonds. The highest BCUT2D eigenvalue weighted by Gasteiger charge is 2.16.